The first-order chi connectivity index (χ1) is 12.0. The zero-order valence-electron chi connectivity index (χ0n) is 14.8. The van der Waals surface area contributed by atoms with E-state index in [1.54, 1.807) is 24.3 Å². The van der Waals surface area contributed by atoms with Crippen LogP contribution in [0, 0.1) is 0 Å². The van der Waals surface area contributed by atoms with Crippen molar-refractivity contribution in [3.8, 4) is 5.75 Å². The lowest BCUT2D eigenvalue weighted by Crippen LogP contribution is -2.20. The zero-order chi connectivity index (χ0) is 18.2. The third kappa shape index (κ3) is 5.95. The van der Waals surface area contributed by atoms with E-state index in [4.69, 9.17) is 4.74 Å². The Labute approximate surface area is 148 Å². The molecule has 0 fully saturated rings. The Bertz CT molecular complexity index is 709. The summed E-state index contributed by atoms with van der Waals surface area (Å²) in [7, 11) is 0. The molecule has 0 aliphatic rings. The van der Waals surface area contributed by atoms with Gasteiger partial charge in [0.2, 0.25) is 5.91 Å². The smallest absolute Gasteiger partial charge is 0.262 e. The van der Waals surface area contributed by atoms with Crippen molar-refractivity contribution in [2.45, 2.75) is 33.1 Å². The molecule has 25 heavy (non-hydrogen) atoms. The number of carbonyl (C=O) groups is 2. The lowest BCUT2D eigenvalue weighted by atomic mass is 9.99. The van der Waals surface area contributed by atoms with Crippen molar-refractivity contribution in [1.29, 1.82) is 0 Å². The normalized spacial score (nSPS) is 11.5. The quantitative estimate of drug-likeness (QED) is 0.795. The molecule has 0 aliphatic heterocycles. The lowest BCUT2D eigenvalue weighted by molar-refractivity contribution is -0.118. The molecule has 5 heteroatoms. The Morgan fingerprint density at radius 2 is 1.52 bits per heavy atom. The molecule has 0 saturated heterocycles. The van der Waals surface area contributed by atoms with Crippen molar-refractivity contribution < 1.29 is 14.3 Å². The molecule has 0 spiro atoms. The number of nitrogens with one attached hydrogen (secondary N) is 2. The molecule has 0 aliphatic carbocycles. The molecular weight excluding hydrogens is 316 g/mol. The Kier molecular flexibility index (Phi) is 6.57. The lowest BCUT2D eigenvalue weighted by Gasteiger charge is -2.11. The van der Waals surface area contributed by atoms with Crippen LogP contribution in [-0.2, 0) is 9.59 Å². The molecule has 2 rings (SSSR count). The summed E-state index contributed by atoms with van der Waals surface area (Å²) in [5, 5.41) is 5.43. The van der Waals surface area contributed by atoms with Gasteiger partial charge in [-0.15, -0.1) is 0 Å². The summed E-state index contributed by atoms with van der Waals surface area (Å²) in [6, 6.07) is 14.7. The second-order valence-corrected chi connectivity index (χ2v) is 5.97. The van der Waals surface area contributed by atoms with Gasteiger partial charge in [-0.2, -0.15) is 0 Å². The zero-order valence-corrected chi connectivity index (χ0v) is 14.8. The summed E-state index contributed by atoms with van der Waals surface area (Å²) in [4.78, 5) is 22.9. The van der Waals surface area contributed by atoms with E-state index in [9.17, 15) is 9.59 Å². The topological polar surface area (TPSA) is 67.4 Å². The van der Waals surface area contributed by atoms with Crippen molar-refractivity contribution in [3.05, 3.63) is 54.1 Å². The third-order valence-corrected chi connectivity index (χ3v) is 3.92. The van der Waals surface area contributed by atoms with Crippen molar-refractivity contribution in [3.63, 3.8) is 0 Å². The summed E-state index contributed by atoms with van der Waals surface area (Å²) >= 11 is 0. The van der Waals surface area contributed by atoms with Crippen molar-refractivity contribution in [2.75, 3.05) is 17.2 Å². The fourth-order valence-corrected chi connectivity index (χ4v) is 2.31. The minimum atomic E-state index is -0.238. The molecule has 2 N–H and O–H groups in total. The standard InChI is InChI=1S/C20H24N2O3/c1-4-14(2)16-5-11-19(12-6-16)25-13-20(24)22-18-9-7-17(8-10-18)21-15(3)23/h5-12,14H,4,13H2,1-3H3,(H,21,23)(H,22,24)/t14-/m1/s1. The van der Waals surface area contributed by atoms with E-state index in [-0.39, 0.29) is 18.4 Å². The third-order valence-electron chi connectivity index (χ3n) is 3.92. The van der Waals surface area contributed by atoms with Crippen molar-refractivity contribution >= 4 is 23.2 Å². The highest BCUT2D eigenvalue weighted by Crippen LogP contribution is 2.21. The fraction of sp³-hybridized carbons (Fsp3) is 0.300. The molecule has 0 bridgehead atoms. The summed E-state index contributed by atoms with van der Waals surface area (Å²) < 4.78 is 5.52. The first kappa shape index (κ1) is 18.5. The van der Waals surface area contributed by atoms with Crippen LogP contribution in [0.1, 0.15) is 38.7 Å². The predicted molar refractivity (Wildman–Crippen MR) is 100 cm³/mol. The van der Waals surface area contributed by atoms with Crippen LogP contribution in [0.4, 0.5) is 11.4 Å². The summed E-state index contributed by atoms with van der Waals surface area (Å²) in [5.74, 6) is 0.809. The van der Waals surface area contributed by atoms with E-state index < -0.39 is 0 Å². The minimum absolute atomic E-state index is 0.0594. The summed E-state index contributed by atoms with van der Waals surface area (Å²) in [6.07, 6.45) is 1.09. The second-order valence-electron chi connectivity index (χ2n) is 5.97. The van der Waals surface area contributed by atoms with E-state index in [1.165, 1.54) is 12.5 Å². The maximum Gasteiger partial charge on any atom is 0.262 e. The molecule has 5 nitrogen and oxygen atoms in total. The minimum Gasteiger partial charge on any atom is -0.484 e. The number of rotatable bonds is 7. The van der Waals surface area contributed by atoms with Gasteiger partial charge >= 0.3 is 0 Å². The van der Waals surface area contributed by atoms with Crippen molar-refractivity contribution in [2.24, 2.45) is 0 Å². The van der Waals surface area contributed by atoms with Crippen LogP contribution in [-0.4, -0.2) is 18.4 Å². The van der Waals surface area contributed by atoms with Crippen LogP contribution in [0.3, 0.4) is 0 Å². The van der Waals surface area contributed by atoms with E-state index >= 15 is 0 Å². The van der Waals surface area contributed by atoms with Gasteiger partial charge < -0.3 is 15.4 Å². The fourth-order valence-electron chi connectivity index (χ4n) is 2.31. The predicted octanol–water partition coefficient (Wildman–Crippen LogP) is 4.18. The van der Waals surface area contributed by atoms with Gasteiger partial charge in [0.1, 0.15) is 5.75 Å². The number of amides is 2. The molecule has 2 amide bonds. The van der Waals surface area contributed by atoms with Gasteiger partial charge in [-0.05, 0) is 54.3 Å². The Morgan fingerprint density at radius 3 is 2.04 bits per heavy atom. The molecule has 1 atom stereocenters. The number of hydrogen-bond acceptors (Lipinski definition) is 3. The van der Waals surface area contributed by atoms with Crippen LogP contribution < -0.4 is 15.4 Å². The van der Waals surface area contributed by atoms with E-state index in [0.717, 1.165) is 6.42 Å². The van der Waals surface area contributed by atoms with Gasteiger partial charge in [0.15, 0.2) is 6.61 Å². The van der Waals surface area contributed by atoms with Crippen LogP contribution >= 0.6 is 0 Å². The molecule has 0 saturated carbocycles. The monoisotopic (exact) mass is 340 g/mol. The molecule has 0 aromatic heterocycles. The Balaban J connectivity index is 1.83. The van der Waals surface area contributed by atoms with Crippen LogP contribution in [0.2, 0.25) is 0 Å². The van der Waals surface area contributed by atoms with Crippen LogP contribution in [0.15, 0.2) is 48.5 Å². The molecule has 0 unspecified atom stereocenters. The maximum absolute atomic E-state index is 12.0. The number of ether oxygens (including phenoxy) is 1. The number of anilines is 2. The summed E-state index contributed by atoms with van der Waals surface area (Å²) in [6.45, 7) is 5.72. The van der Waals surface area contributed by atoms with Gasteiger partial charge in [0.25, 0.3) is 5.91 Å². The molecule has 0 heterocycles. The Hall–Kier alpha value is -2.82. The van der Waals surface area contributed by atoms with E-state index in [2.05, 4.69) is 24.5 Å². The highest BCUT2D eigenvalue weighted by atomic mass is 16.5. The van der Waals surface area contributed by atoms with Crippen LogP contribution in [0.25, 0.3) is 0 Å². The number of carbonyl (C=O) groups excluding carboxylic acids is 2. The molecule has 0 radical (unpaired) electrons. The van der Waals surface area contributed by atoms with Gasteiger partial charge in [-0.25, -0.2) is 0 Å². The van der Waals surface area contributed by atoms with E-state index in [0.29, 0.717) is 23.0 Å². The molecular formula is C20H24N2O3. The average Bonchev–Trinajstić information content (AvgIpc) is 2.61. The van der Waals surface area contributed by atoms with Crippen molar-refractivity contribution in [1.82, 2.24) is 0 Å². The van der Waals surface area contributed by atoms with Gasteiger partial charge in [0, 0.05) is 18.3 Å². The van der Waals surface area contributed by atoms with Gasteiger partial charge in [-0.1, -0.05) is 26.0 Å². The second kappa shape index (κ2) is 8.87. The highest BCUT2D eigenvalue weighted by molar-refractivity contribution is 5.93. The van der Waals surface area contributed by atoms with Crippen LogP contribution in [0.5, 0.6) is 5.75 Å². The SMILES string of the molecule is CC[C@@H](C)c1ccc(OCC(=O)Nc2ccc(NC(C)=O)cc2)cc1. The molecule has 2 aromatic carbocycles. The van der Waals surface area contributed by atoms with Gasteiger partial charge in [0.05, 0.1) is 0 Å². The molecule has 2 aromatic rings. The number of hydrogen-bond donors (Lipinski definition) is 2. The Morgan fingerprint density at radius 1 is 0.960 bits per heavy atom. The largest absolute Gasteiger partial charge is 0.484 e. The first-order valence-corrected chi connectivity index (χ1v) is 8.38. The highest BCUT2D eigenvalue weighted by Gasteiger charge is 2.06. The number of benzene rings is 2. The van der Waals surface area contributed by atoms with E-state index in [1.807, 2.05) is 24.3 Å². The first-order valence-electron chi connectivity index (χ1n) is 8.38. The average molecular weight is 340 g/mol. The maximum atomic E-state index is 12.0. The van der Waals surface area contributed by atoms with Gasteiger partial charge in [-0.3, -0.25) is 9.59 Å². The summed E-state index contributed by atoms with van der Waals surface area (Å²) in [5.41, 5.74) is 2.59. The molecule has 132 valence electrons.